The van der Waals surface area contributed by atoms with Gasteiger partial charge in [0.1, 0.15) is 6.10 Å². The highest BCUT2D eigenvalue weighted by molar-refractivity contribution is 5.13. The fourth-order valence-corrected chi connectivity index (χ4v) is 2.36. The van der Waals surface area contributed by atoms with Crippen LogP contribution in [0, 0.1) is 0 Å². The number of halogens is 1. The second-order valence-electron chi connectivity index (χ2n) is 5.37. The summed E-state index contributed by atoms with van der Waals surface area (Å²) in [4.78, 5) is 22.3. The van der Waals surface area contributed by atoms with Gasteiger partial charge in [-0.2, -0.15) is 0 Å². The quantitative estimate of drug-likeness (QED) is 0.810. The Labute approximate surface area is 136 Å². The molecule has 1 aliphatic heterocycles. The molecule has 1 aliphatic rings. The molecule has 1 aromatic heterocycles. The predicted molar refractivity (Wildman–Crippen MR) is 82.3 cm³/mol. The van der Waals surface area contributed by atoms with Crippen LogP contribution in [-0.4, -0.2) is 35.3 Å². The highest BCUT2D eigenvalue weighted by atomic mass is 19.2. The van der Waals surface area contributed by atoms with Crippen molar-refractivity contribution < 1.29 is 18.7 Å². The lowest BCUT2D eigenvalue weighted by molar-refractivity contribution is -0.178. The van der Waals surface area contributed by atoms with Crippen LogP contribution in [0.4, 0.5) is 4.48 Å². The molecule has 0 aliphatic carbocycles. The lowest BCUT2D eigenvalue weighted by atomic mass is 10.2. The van der Waals surface area contributed by atoms with Crippen LogP contribution in [0.3, 0.4) is 0 Å². The van der Waals surface area contributed by atoms with Crippen molar-refractivity contribution in [2.45, 2.75) is 18.9 Å². The third kappa shape index (κ3) is 3.78. The fraction of sp³-hybridized carbons (Fsp3) is 0.375. The first-order valence-corrected chi connectivity index (χ1v) is 7.50. The maximum absolute atomic E-state index is 13.3. The smallest absolute Gasteiger partial charge is 0.362 e. The lowest BCUT2D eigenvalue weighted by Gasteiger charge is -2.30. The largest absolute Gasteiger partial charge is 0.374 e. The number of hydrogen-bond acceptors (Lipinski definition) is 5. The first kappa shape index (κ1) is 16.6. The number of ether oxygens (including phenoxy) is 3. The van der Waals surface area contributed by atoms with Crippen molar-refractivity contribution in [2.24, 2.45) is 0 Å². The normalized spacial score (nSPS) is 20.9. The first-order valence-electron chi connectivity index (χ1n) is 7.50. The standard InChI is InChI=1S/C16H17FN2O5/c17-19-14(20)6-7-18(16(19)21)15-11-23-13(10-24-15)9-22-8-12-4-2-1-3-5-12/h1-7,13,15H,8-11H2. The summed E-state index contributed by atoms with van der Waals surface area (Å²) in [5, 5.41) is 0. The van der Waals surface area contributed by atoms with Crippen molar-refractivity contribution in [1.29, 1.82) is 0 Å². The van der Waals surface area contributed by atoms with Gasteiger partial charge in [0.25, 0.3) is 5.56 Å². The van der Waals surface area contributed by atoms with Gasteiger partial charge in [0.2, 0.25) is 0 Å². The highest BCUT2D eigenvalue weighted by Crippen LogP contribution is 2.15. The van der Waals surface area contributed by atoms with Gasteiger partial charge in [0.05, 0.1) is 26.4 Å². The van der Waals surface area contributed by atoms with E-state index in [2.05, 4.69) is 0 Å². The molecule has 1 fully saturated rings. The average molecular weight is 336 g/mol. The molecule has 2 heterocycles. The summed E-state index contributed by atoms with van der Waals surface area (Å²) in [7, 11) is 0. The van der Waals surface area contributed by atoms with Crippen LogP contribution in [-0.2, 0) is 20.8 Å². The first-order chi connectivity index (χ1) is 11.6. The molecule has 3 rings (SSSR count). The van der Waals surface area contributed by atoms with Crippen LogP contribution < -0.4 is 11.2 Å². The minimum absolute atomic E-state index is 0.0669. The Bertz CT molecular complexity index is 781. The maximum Gasteiger partial charge on any atom is 0.362 e. The van der Waals surface area contributed by atoms with Crippen LogP contribution in [0.2, 0.25) is 0 Å². The van der Waals surface area contributed by atoms with E-state index in [1.165, 1.54) is 6.20 Å². The highest BCUT2D eigenvalue weighted by Gasteiger charge is 2.25. The summed E-state index contributed by atoms with van der Waals surface area (Å²) in [6, 6.07) is 10.7. The second-order valence-corrected chi connectivity index (χ2v) is 5.37. The Kier molecular flexibility index (Phi) is 5.19. The summed E-state index contributed by atoms with van der Waals surface area (Å²) >= 11 is 0. The average Bonchev–Trinajstić information content (AvgIpc) is 2.62. The van der Waals surface area contributed by atoms with Crippen LogP contribution in [0.25, 0.3) is 0 Å². The third-order valence-corrected chi connectivity index (χ3v) is 3.63. The predicted octanol–water partition coefficient (Wildman–Crippen LogP) is 0.873. The van der Waals surface area contributed by atoms with E-state index in [0.29, 0.717) is 13.2 Å². The third-order valence-electron chi connectivity index (χ3n) is 3.63. The Morgan fingerprint density at radius 1 is 1.12 bits per heavy atom. The van der Waals surface area contributed by atoms with Crippen LogP contribution in [0.1, 0.15) is 11.8 Å². The SMILES string of the molecule is O=c1ccn(C2COC(COCc3ccccc3)CO2)c(=O)n1F. The summed E-state index contributed by atoms with van der Waals surface area (Å²) in [5.74, 6) is 0. The molecule has 0 bridgehead atoms. The Morgan fingerprint density at radius 2 is 1.92 bits per heavy atom. The summed E-state index contributed by atoms with van der Waals surface area (Å²) < 4.78 is 31.0. The van der Waals surface area contributed by atoms with E-state index in [4.69, 9.17) is 14.2 Å². The van der Waals surface area contributed by atoms with Crippen LogP contribution in [0.5, 0.6) is 0 Å². The molecule has 128 valence electrons. The Balaban J connectivity index is 1.50. The van der Waals surface area contributed by atoms with Gasteiger partial charge >= 0.3 is 5.69 Å². The van der Waals surface area contributed by atoms with Gasteiger partial charge in [-0.15, -0.1) is 0 Å². The number of benzene rings is 1. The van der Waals surface area contributed by atoms with Gasteiger partial charge in [-0.3, -0.25) is 9.36 Å². The molecule has 2 aromatic rings. The van der Waals surface area contributed by atoms with E-state index in [1.807, 2.05) is 30.3 Å². The topological polar surface area (TPSA) is 71.7 Å². The van der Waals surface area contributed by atoms with E-state index in [0.717, 1.165) is 16.2 Å². The van der Waals surface area contributed by atoms with E-state index >= 15 is 0 Å². The van der Waals surface area contributed by atoms with E-state index in [9.17, 15) is 14.1 Å². The van der Waals surface area contributed by atoms with Crippen molar-refractivity contribution in [3.8, 4) is 0 Å². The molecule has 8 heteroatoms. The molecule has 2 unspecified atom stereocenters. The van der Waals surface area contributed by atoms with Crippen molar-refractivity contribution in [3.05, 3.63) is 69.0 Å². The molecule has 0 radical (unpaired) electrons. The Hall–Kier alpha value is -2.29. The number of rotatable bonds is 5. The molecule has 0 N–H and O–H groups in total. The molecule has 1 aromatic carbocycles. The molecule has 0 spiro atoms. The zero-order chi connectivity index (χ0) is 16.9. The molecule has 0 saturated carbocycles. The summed E-state index contributed by atoms with van der Waals surface area (Å²) in [5.41, 5.74) is -1.04. The number of aromatic nitrogens is 2. The van der Waals surface area contributed by atoms with Crippen molar-refractivity contribution in [3.63, 3.8) is 0 Å². The van der Waals surface area contributed by atoms with E-state index in [1.54, 1.807) is 0 Å². The molecule has 0 amide bonds. The lowest BCUT2D eigenvalue weighted by Crippen LogP contribution is -2.43. The molecule has 7 nitrogen and oxygen atoms in total. The number of nitrogens with zero attached hydrogens (tertiary/aromatic N) is 2. The maximum atomic E-state index is 13.3. The molecular weight excluding hydrogens is 319 g/mol. The van der Waals surface area contributed by atoms with Crippen molar-refractivity contribution in [2.75, 3.05) is 19.8 Å². The van der Waals surface area contributed by atoms with Gasteiger partial charge in [-0.1, -0.05) is 39.6 Å². The van der Waals surface area contributed by atoms with Gasteiger partial charge in [-0.25, -0.2) is 4.79 Å². The van der Waals surface area contributed by atoms with E-state index < -0.39 is 22.3 Å². The minimum atomic E-state index is -1.09. The zero-order valence-electron chi connectivity index (χ0n) is 12.8. The molecule has 2 atom stereocenters. The minimum Gasteiger partial charge on any atom is -0.374 e. The van der Waals surface area contributed by atoms with Gasteiger partial charge in [-0.05, 0) is 5.56 Å². The fourth-order valence-electron chi connectivity index (χ4n) is 2.36. The Morgan fingerprint density at radius 3 is 2.62 bits per heavy atom. The van der Waals surface area contributed by atoms with Crippen LogP contribution in [0.15, 0.2) is 52.2 Å². The molecule has 24 heavy (non-hydrogen) atoms. The second kappa shape index (κ2) is 7.52. The monoisotopic (exact) mass is 336 g/mol. The van der Waals surface area contributed by atoms with Gasteiger partial charge in [0.15, 0.2) is 6.23 Å². The van der Waals surface area contributed by atoms with Gasteiger partial charge in [0, 0.05) is 12.3 Å². The van der Waals surface area contributed by atoms with Crippen molar-refractivity contribution >= 4 is 0 Å². The summed E-state index contributed by atoms with van der Waals surface area (Å²) in [6.07, 6.45) is 0.156. The van der Waals surface area contributed by atoms with Crippen LogP contribution >= 0.6 is 0 Å². The zero-order valence-corrected chi connectivity index (χ0v) is 12.8. The molecule has 1 saturated heterocycles. The number of hydrogen-bond donors (Lipinski definition) is 0. The van der Waals surface area contributed by atoms with E-state index in [-0.39, 0.29) is 19.3 Å². The van der Waals surface area contributed by atoms with Gasteiger partial charge < -0.3 is 14.2 Å². The summed E-state index contributed by atoms with van der Waals surface area (Å²) in [6.45, 7) is 1.09. The van der Waals surface area contributed by atoms with Crippen molar-refractivity contribution in [1.82, 2.24) is 9.36 Å². The molecular formula is C16H17FN2O5.